The van der Waals surface area contributed by atoms with Crippen LogP contribution in [0.4, 0.5) is 10.1 Å². The van der Waals surface area contributed by atoms with E-state index in [-0.39, 0.29) is 29.9 Å². The molecule has 1 atom stereocenters. The van der Waals surface area contributed by atoms with E-state index in [1.54, 1.807) is 7.05 Å². The standard InChI is InChI=1S/C12H13FN4O3.ClH/c1-7(14-2)5-11-15-12(20-16-11)9-4-3-8(13)6-10(9)17(18)19;/h3-4,6-7,14H,5H2,1-2H3;1H. The third kappa shape index (κ3) is 3.96. The first-order valence-electron chi connectivity index (χ1n) is 5.95. The fourth-order valence-corrected chi connectivity index (χ4v) is 1.66. The molecular weight excluding hydrogens is 303 g/mol. The van der Waals surface area contributed by atoms with Crippen LogP contribution < -0.4 is 5.32 Å². The van der Waals surface area contributed by atoms with E-state index in [0.29, 0.717) is 12.2 Å². The van der Waals surface area contributed by atoms with Gasteiger partial charge in [0, 0.05) is 12.5 Å². The van der Waals surface area contributed by atoms with E-state index in [1.807, 2.05) is 6.92 Å². The summed E-state index contributed by atoms with van der Waals surface area (Å²) in [5.74, 6) is -0.250. The van der Waals surface area contributed by atoms with Gasteiger partial charge in [-0.05, 0) is 26.1 Å². The lowest BCUT2D eigenvalue weighted by atomic mass is 10.1. The van der Waals surface area contributed by atoms with Crippen LogP contribution in [-0.4, -0.2) is 28.2 Å². The summed E-state index contributed by atoms with van der Waals surface area (Å²) in [4.78, 5) is 14.3. The molecule has 0 aliphatic heterocycles. The van der Waals surface area contributed by atoms with Gasteiger partial charge in [0.05, 0.1) is 11.0 Å². The molecule has 0 saturated carbocycles. The highest BCUT2D eigenvalue weighted by atomic mass is 35.5. The van der Waals surface area contributed by atoms with Gasteiger partial charge in [0.2, 0.25) is 0 Å². The molecule has 0 amide bonds. The van der Waals surface area contributed by atoms with Gasteiger partial charge in [-0.25, -0.2) is 4.39 Å². The molecule has 2 rings (SSSR count). The quantitative estimate of drug-likeness (QED) is 0.672. The highest BCUT2D eigenvalue weighted by Crippen LogP contribution is 2.29. The van der Waals surface area contributed by atoms with Crippen LogP contribution >= 0.6 is 12.4 Å². The van der Waals surface area contributed by atoms with Crippen molar-refractivity contribution in [1.82, 2.24) is 15.5 Å². The van der Waals surface area contributed by atoms with Gasteiger partial charge in [0.25, 0.3) is 11.6 Å². The van der Waals surface area contributed by atoms with Gasteiger partial charge in [0.15, 0.2) is 5.82 Å². The van der Waals surface area contributed by atoms with Crippen molar-refractivity contribution in [2.75, 3.05) is 7.05 Å². The average molecular weight is 317 g/mol. The van der Waals surface area contributed by atoms with Gasteiger partial charge >= 0.3 is 0 Å². The molecule has 9 heteroatoms. The monoisotopic (exact) mass is 316 g/mol. The Labute approximate surface area is 126 Å². The Morgan fingerprint density at radius 3 is 2.86 bits per heavy atom. The van der Waals surface area contributed by atoms with E-state index in [4.69, 9.17) is 4.52 Å². The molecule has 0 bridgehead atoms. The van der Waals surface area contributed by atoms with Gasteiger partial charge in [-0.2, -0.15) is 4.98 Å². The van der Waals surface area contributed by atoms with Crippen LogP contribution in [0, 0.1) is 15.9 Å². The fourth-order valence-electron chi connectivity index (χ4n) is 1.66. The van der Waals surface area contributed by atoms with Crippen molar-refractivity contribution in [1.29, 1.82) is 0 Å². The minimum atomic E-state index is -0.691. The smallest absolute Gasteiger partial charge is 0.285 e. The number of halogens is 2. The minimum absolute atomic E-state index is 0. The molecule has 0 radical (unpaired) electrons. The largest absolute Gasteiger partial charge is 0.334 e. The molecule has 21 heavy (non-hydrogen) atoms. The van der Waals surface area contributed by atoms with Gasteiger partial charge in [-0.1, -0.05) is 5.16 Å². The van der Waals surface area contributed by atoms with Crippen molar-refractivity contribution >= 4 is 18.1 Å². The maximum Gasteiger partial charge on any atom is 0.285 e. The van der Waals surface area contributed by atoms with Crippen LogP contribution in [-0.2, 0) is 6.42 Å². The van der Waals surface area contributed by atoms with Gasteiger partial charge in [-0.15, -0.1) is 12.4 Å². The van der Waals surface area contributed by atoms with Gasteiger partial charge < -0.3 is 9.84 Å². The topological polar surface area (TPSA) is 94.1 Å². The zero-order chi connectivity index (χ0) is 14.7. The number of rotatable bonds is 5. The van der Waals surface area contributed by atoms with E-state index < -0.39 is 16.4 Å². The third-order valence-electron chi connectivity index (χ3n) is 2.84. The van der Waals surface area contributed by atoms with Crippen molar-refractivity contribution in [3.05, 3.63) is 40.0 Å². The molecule has 1 aromatic heterocycles. The number of nitro benzene ring substituents is 1. The number of benzene rings is 1. The van der Waals surface area contributed by atoms with E-state index in [2.05, 4.69) is 15.5 Å². The summed E-state index contributed by atoms with van der Waals surface area (Å²) in [5, 5.41) is 17.7. The van der Waals surface area contributed by atoms with E-state index in [0.717, 1.165) is 12.1 Å². The predicted octanol–water partition coefficient (Wildman–Crippen LogP) is 2.36. The predicted molar refractivity (Wildman–Crippen MR) is 75.8 cm³/mol. The van der Waals surface area contributed by atoms with Crippen molar-refractivity contribution in [2.24, 2.45) is 0 Å². The first-order valence-corrected chi connectivity index (χ1v) is 5.95. The van der Waals surface area contributed by atoms with Crippen LogP contribution in [0.15, 0.2) is 22.7 Å². The Balaban J connectivity index is 0.00000220. The maximum absolute atomic E-state index is 13.1. The van der Waals surface area contributed by atoms with Crippen LogP contribution in [0.1, 0.15) is 12.7 Å². The first kappa shape index (κ1) is 17.0. The van der Waals surface area contributed by atoms with Crippen molar-refractivity contribution in [2.45, 2.75) is 19.4 Å². The van der Waals surface area contributed by atoms with E-state index in [1.165, 1.54) is 6.07 Å². The molecule has 0 aliphatic rings. The Hall–Kier alpha value is -2.06. The fraction of sp³-hybridized carbons (Fsp3) is 0.333. The Kier molecular flexibility index (Phi) is 5.74. The summed E-state index contributed by atoms with van der Waals surface area (Å²) < 4.78 is 18.1. The van der Waals surface area contributed by atoms with E-state index >= 15 is 0 Å². The normalized spacial score (nSPS) is 11.8. The number of nitro groups is 1. The van der Waals surface area contributed by atoms with Crippen LogP contribution in [0.25, 0.3) is 11.5 Å². The third-order valence-corrected chi connectivity index (χ3v) is 2.84. The lowest BCUT2D eigenvalue weighted by Gasteiger charge is -2.04. The summed E-state index contributed by atoms with van der Waals surface area (Å²) in [6.07, 6.45) is 0.523. The maximum atomic E-state index is 13.1. The highest BCUT2D eigenvalue weighted by molar-refractivity contribution is 5.85. The van der Waals surface area contributed by atoms with E-state index in [9.17, 15) is 14.5 Å². The molecule has 0 saturated heterocycles. The lowest BCUT2D eigenvalue weighted by Crippen LogP contribution is -2.24. The second-order valence-electron chi connectivity index (χ2n) is 4.33. The number of aromatic nitrogens is 2. The average Bonchev–Trinajstić information content (AvgIpc) is 2.86. The molecule has 114 valence electrons. The highest BCUT2D eigenvalue weighted by Gasteiger charge is 2.21. The van der Waals surface area contributed by atoms with Crippen molar-refractivity contribution in [3.63, 3.8) is 0 Å². The Morgan fingerprint density at radius 2 is 2.24 bits per heavy atom. The van der Waals surface area contributed by atoms with Crippen molar-refractivity contribution < 1.29 is 13.8 Å². The number of nitrogens with zero attached hydrogens (tertiary/aromatic N) is 3. The number of nitrogens with one attached hydrogen (secondary N) is 1. The summed E-state index contributed by atoms with van der Waals surface area (Å²) in [7, 11) is 1.80. The van der Waals surface area contributed by atoms with Gasteiger partial charge in [0.1, 0.15) is 11.4 Å². The molecule has 2 aromatic rings. The second-order valence-corrected chi connectivity index (χ2v) is 4.33. The molecule has 0 spiro atoms. The number of hydrogen-bond donors (Lipinski definition) is 1. The molecule has 0 fully saturated rings. The minimum Gasteiger partial charge on any atom is -0.334 e. The molecule has 7 nitrogen and oxygen atoms in total. The molecular formula is C12H14ClFN4O3. The summed E-state index contributed by atoms with van der Waals surface area (Å²) in [5.41, 5.74) is -0.297. The Morgan fingerprint density at radius 1 is 1.52 bits per heavy atom. The molecule has 1 aromatic carbocycles. The van der Waals surface area contributed by atoms with Crippen LogP contribution in [0.5, 0.6) is 0 Å². The first-order chi connectivity index (χ1) is 9.51. The number of hydrogen-bond acceptors (Lipinski definition) is 6. The van der Waals surface area contributed by atoms with Gasteiger partial charge in [-0.3, -0.25) is 10.1 Å². The summed E-state index contributed by atoms with van der Waals surface area (Å²) in [6, 6.07) is 3.34. The SMILES string of the molecule is CNC(C)Cc1noc(-c2ccc(F)cc2[N+](=O)[O-])n1.Cl. The summed E-state index contributed by atoms with van der Waals surface area (Å²) >= 11 is 0. The molecule has 1 N–H and O–H groups in total. The Bertz CT molecular complexity index is 635. The van der Waals surface area contributed by atoms with Crippen LogP contribution in [0.2, 0.25) is 0 Å². The van der Waals surface area contributed by atoms with Crippen LogP contribution in [0.3, 0.4) is 0 Å². The lowest BCUT2D eigenvalue weighted by molar-refractivity contribution is -0.384. The molecule has 0 aliphatic carbocycles. The zero-order valence-corrected chi connectivity index (χ0v) is 12.2. The van der Waals surface area contributed by atoms with Crippen molar-refractivity contribution in [3.8, 4) is 11.5 Å². The molecule has 1 unspecified atom stereocenters. The number of likely N-dealkylation sites (N-methyl/N-ethyl adjacent to an activating group) is 1. The summed E-state index contributed by atoms with van der Waals surface area (Å²) in [6.45, 7) is 1.94. The zero-order valence-electron chi connectivity index (χ0n) is 11.4. The second kappa shape index (κ2) is 7.09. The molecule has 1 heterocycles.